The molecule has 3 aromatic rings. The van der Waals surface area contributed by atoms with Crippen molar-refractivity contribution in [2.75, 3.05) is 19.7 Å². The van der Waals surface area contributed by atoms with Gasteiger partial charge in [-0.25, -0.2) is 9.78 Å². The topological polar surface area (TPSA) is 94.6 Å². The van der Waals surface area contributed by atoms with Crippen molar-refractivity contribution in [3.8, 4) is 10.8 Å². The normalized spacial score (nSPS) is 12.4. The lowest BCUT2D eigenvalue weighted by molar-refractivity contribution is -0.135. The summed E-state index contributed by atoms with van der Waals surface area (Å²) in [5.41, 5.74) is 0.244. The fourth-order valence-corrected chi connectivity index (χ4v) is 4.65. The van der Waals surface area contributed by atoms with Crippen molar-refractivity contribution in [1.29, 1.82) is 0 Å². The first-order valence-electron chi connectivity index (χ1n) is 9.83. The van der Waals surface area contributed by atoms with E-state index in [2.05, 4.69) is 4.98 Å². The van der Waals surface area contributed by atoms with Crippen LogP contribution in [0.1, 0.15) is 26.5 Å². The van der Waals surface area contributed by atoms with Crippen molar-refractivity contribution >= 4 is 46.7 Å². The van der Waals surface area contributed by atoms with E-state index in [0.29, 0.717) is 38.7 Å². The third kappa shape index (κ3) is 5.39. The molecule has 0 N–H and O–H groups in total. The van der Waals surface area contributed by atoms with Gasteiger partial charge in [-0.05, 0) is 39.0 Å². The van der Waals surface area contributed by atoms with Gasteiger partial charge in [0.05, 0.1) is 29.2 Å². The van der Waals surface area contributed by atoms with Gasteiger partial charge < -0.3 is 14.1 Å². The Kier molecular flexibility index (Phi) is 7.59. The van der Waals surface area contributed by atoms with Crippen molar-refractivity contribution in [3.63, 3.8) is 0 Å². The molecule has 0 aliphatic rings. The van der Waals surface area contributed by atoms with Crippen LogP contribution in [0.25, 0.3) is 22.9 Å². The second kappa shape index (κ2) is 10.4. The highest BCUT2D eigenvalue weighted by Gasteiger charge is 2.15. The lowest BCUT2D eigenvalue weighted by Crippen LogP contribution is -2.40. The number of hydrogen-bond acceptors (Lipinski definition) is 8. The number of thiazole rings is 2. The van der Waals surface area contributed by atoms with E-state index in [1.165, 1.54) is 22.0 Å². The van der Waals surface area contributed by atoms with E-state index in [0.717, 1.165) is 11.3 Å². The molecule has 3 heterocycles. The van der Waals surface area contributed by atoms with Crippen LogP contribution < -0.4 is 14.8 Å². The van der Waals surface area contributed by atoms with Gasteiger partial charge in [-0.1, -0.05) is 0 Å². The molecule has 0 saturated heterocycles. The number of nitrogens with zero attached hydrogens (tertiary/aromatic N) is 3. The molecule has 0 fully saturated rings. The monoisotopic (exact) mass is 461 g/mol. The van der Waals surface area contributed by atoms with Crippen LogP contribution in [-0.4, -0.2) is 46.0 Å². The molecule has 0 unspecified atom stereocenters. The number of amides is 1. The largest absolute Gasteiger partial charge is 0.463 e. The fourth-order valence-electron chi connectivity index (χ4n) is 2.89. The molecular formula is C21H23N3O5S2. The number of ether oxygens (including phenoxy) is 1. The van der Waals surface area contributed by atoms with Crippen molar-refractivity contribution in [2.24, 2.45) is 0 Å². The van der Waals surface area contributed by atoms with E-state index in [1.54, 1.807) is 30.2 Å². The van der Waals surface area contributed by atoms with Crippen LogP contribution >= 0.6 is 22.7 Å². The maximum atomic E-state index is 13.1. The zero-order valence-corrected chi connectivity index (χ0v) is 19.1. The maximum Gasteiger partial charge on any atom is 0.333 e. The summed E-state index contributed by atoms with van der Waals surface area (Å²) >= 11 is 2.52. The van der Waals surface area contributed by atoms with E-state index in [4.69, 9.17) is 9.15 Å². The summed E-state index contributed by atoms with van der Waals surface area (Å²) in [6.45, 7) is 6.61. The zero-order valence-electron chi connectivity index (χ0n) is 17.5. The van der Waals surface area contributed by atoms with Crippen LogP contribution in [0.3, 0.4) is 0 Å². The molecule has 0 spiro atoms. The molecule has 164 valence electrons. The first-order chi connectivity index (χ1) is 15.0. The number of carbonyl (C=O) groups is 2. The Bertz CT molecular complexity index is 1220. The van der Waals surface area contributed by atoms with Crippen LogP contribution in [0.15, 0.2) is 33.0 Å². The highest BCUT2D eigenvalue weighted by atomic mass is 32.1. The zero-order chi connectivity index (χ0) is 22.4. The van der Waals surface area contributed by atoms with Crippen LogP contribution in [0.5, 0.6) is 0 Å². The van der Waals surface area contributed by atoms with Gasteiger partial charge in [-0.2, -0.15) is 0 Å². The van der Waals surface area contributed by atoms with Gasteiger partial charge >= 0.3 is 5.97 Å². The molecule has 0 aliphatic carbocycles. The lowest BCUT2D eigenvalue weighted by atomic mass is 10.4. The Morgan fingerprint density at radius 1 is 1.29 bits per heavy atom. The van der Waals surface area contributed by atoms with Crippen molar-refractivity contribution in [1.82, 2.24) is 14.5 Å². The summed E-state index contributed by atoms with van der Waals surface area (Å²) in [5, 5.41) is 2.51. The average Bonchev–Trinajstić information content (AvgIpc) is 3.48. The minimum absolute atomic E-state index is 0.148. The molecule has 8 nitrogen and oxygen atoms in total. The minimum Gasteiger partial charge on any atom is -0.463 e. The highest BCUT2D eigenvalue weighted by molar-refractivity contribution is 7.13. The number of rotatable bonds is 8. The van der Waals surface area contributed by atoms with Gasteiger partial charge in [0.15, 0.2) is 10.8 Å². The summed E-state index contributed by atoms with van der Waals surface area (Å²) in [6, 6.07) is 3.59. The number of aromatic nitrogens is 2. The maximum absolute atomic E-state index is 13.1. The molecule has 0 radical (unpaired) electrons. The number of esters is 1. The molecule has 10 heteroatoms. The smallest absolute Gasteiger partial charge is 0.333 e. The SMILES string of the molecule is CCOC(=O)/C=c1/s/c(=C\c2csc(-c3ccco3)n2)c(=O)n1CC(=O)N(CC)CC. The molecule has 0 aromatic carbocycles. The Balaban J connectivity index is 2.04. The third-order valence-electron chi connectivity index (χ3n) is 4.41. The summed E-state index contributed by atoms with van der Waals surface area (Å²) in [6.07, 6.45) is 4.47. The van der Waals surface area contributed by atoms with Crippen molar-refractivity contribution in [3.05, 3.63) is 49.0 Å². The molecule has 0 saturated carbocycles. The molecule has 0 bridgehead atoms. The number of hydrogen-bond donors (Lipinski definition) is 0. The fraction of sp³-hybridized carbons (Fsp3) is 0.333. The van der Waals surface area contributed by atoms with Gasteiger partial charge in [-0.15, -0.1) is 22.7 Å². The predicted molar refractivity (Wildman–Crippen MR) is 120 cm³/mol. The Morgan fingerprint density at radius 2 is 2.06 bits per heavy atom. The first-order valence-corrected chi connectivity index (χ1v) is 11.5. The average molecular weight is 462 g/mol. The van der Waals surface area contributed by atoms with Crippen molar-refractivity contribution in [2.45, 2.75) is 27.3 Å². The summed E-state index contributed by atoms with van der Waals surface area (Å²) in [5.74, 6) is -0.105. The van der Waals surface area contributed by atoms with E-state index in [9.17, 15) is 14.4 Å². The first kappa shape index (κ1) is 22.7. The lowest BCUT2D eigenvalue weighted by Gasteiger charge is -2.18. The Morgan fingerprint density at radius 3 is 2.71 bits per heavy atom. The molecular weight excluding hydrogens is 438 g/mol. The van der Waals surface area contributed by atoms with E-state index in [1.807, 2.05) is 25.3 Å². The molecule has 31 heavy (non-hydrogen) atoms. The van der Waals surface area contributed by atoms with Crippen LogP contribution in [0.4, 0.5) is 0 Å². The Labute approximate surface area is 186 Å². The van der Waals surface area contributed by atoms with E-state index < -0.39 is 5.97 Å². The van der Waals surface area contributed by atoms with Gasteiger partial charge in [0.25, 0.3) is 5.56 Å². The molecule has 0 atom stereocenters. The molecule has 0 aliphatic heterocycles. The van der Waals surface area contributed by atoms with Crippen molar-refractivity contribution < 1.29 is 18.7 Å². The number of carbonyl (C=O) groups excluding carboxylic acids is 2. The second-order valence-electron chi connectivity index (χ2n) is 6.36. The quantitative estimate of drug-likeness (QED) is 0.474. The Hall–Kier alpha value is -2.98. The number of likely N-dealkylation sites (N-methyl/N-ethyl adjacent to an activating group) is 1. The predicted octanol–water partition coefficient (Wildman–Crippen LogP) is 1.67. The van der Waals surface area contributed by atoms with Crippen LogP contribution in [0.2, 0.25) is 0 Å². The summed E-state index contributed by atoms with van der Waals surface area (Å²) in [4.78, 5) is 43.8. The third-order valence-corrected chi connectivity index (χ3v) is 6.34. The van der Waals surface area contributed by atoms with Crippen LogP contribution in [-0.2, 0) is 20.9 Å². The molecule has 3 rings (SSSR count). The van der Waals surface area contributed by atoms with Gasteiger partial charge in [0.2, 0.25) is 5.91 Å². The van der Waals surface area contributed by atoms with E-state index in [-0.39, 0.29) is 24.6 Å². The van der Waals surface area contributed by atoms with Gasteiger partial charge in [0.1, 0.15) is 11.2 Å². The number of furan rings is 1. The summed E-state index contributed by atoms with van der Waals surface area (Å²) in [7, 11) is 0. The van der Waals surface area contributed by atoms with Gasteiger partial charge in [0, 0.05) is 18.5 Å². The molecule has 1 amide bonds. The summed E-state index contributed by atoms with van der Waals surface area (Å²) < 4.78 is 12.4. The molecule has 3 aromatic heterocycles. The van der Waals surface area contributed by atoms with E-state index >= 15 is 0 Å². The van der Waals surface area contributed by atoms with Gasteiger partial charge in [-0.3, -0.25) is 14.2 Å². The highest BCUT2D eigenvalue weighted by Crippen LogP contribution is 2.23. The van der Waals surface area contributed by atoms with Crippen LogP contribution in [0, 0.1) is 0 Å². The second-order valence-corrected chi connectivity index (χ2v) is 8.28. The minimum atomic E-state index is -0.562. The standard InChI is InChI=1S/C21H23N3O5S2/c1-4-23(5-2)17(25)12-24-18(11-19(26)28-6-3)31-16(21(24)27)10-14-13-30-20(22-14)15-8-7-9-29-15/h7-11,13H,4-6,12H2,1-3H3/b16-10-,18-11+.